The molecule has 2 aromatic carbocycles. The van der Waals surface area contributed by atoms with E-state index in [1.807, 2.05) is 30.5 Å². The fourth-order valence-corrected chi connectivity index (χ4v) is 3.00. The van der Waals surface area contributed by atoms with Crippen molar-refractivity contribution in [3.63, 3.8) is 0 Å². The van der Waals surface area contributed by atoms with E-state index in [4.69, 9.17) is 4.74 Å². The number of para-hydroxylation sites is 2. The Hall–Kier alpha value is -3.12. The lowest BCUT2D eigenvalue weighted by Gasteiger charge is -2.12. The summed E-state index contributed by atoms with van der Waals surface area (Å²) < 4.78 is 5.52. The van der Waals surface area contributed by atoms with Crippen molar-refractivity contribution in [3.05, 3.63) is 76.5 Å². The van der Waals surface area contributed by atoms with Crippen LogP contribution >= 0.6 is 11.3 Å². The van der Waals surface area contributed by atoms with Crippen molar-refractivity contribution in [2.45, 2.75) is 6.92 Å². The third-order valence-electron chi connectivity index (χ3n) is 3.56. The fraction of sp³-hybridized carbons (Fsp3) is 0.100. The van der Waals surface area contributed by atoms with Crippen molar-refractivity contribution in [3.8, 4) is 5.75 Å². The summed E-state index contributed by atoms with van der Waals surface area (Å²) in [5, 5.41) is 7.49. The summed E-state index contributed by atoms with van der Waals surface area (Å²) in [4.78, 5) is 25.3. The molecule has 1 heterocycles. The molecule has 0 unspecified atom stereocenters. The van der Waals surface area contributed by atoms with E-state index in [0.717, 1.165) is 0 Å². The second-order valence-electron chi connectivity index (χ2n) is 5.40. The van der Waals surface area contributed by atoms with Gasteiger partial charge >= 0.3 is 0 Å². The van der Waals surface area contributed by atoms with Gasteiger partial charge in [0.05, 0.1) is 17.2 Å². The Bertz CT molecular complexity index is 907. The molecule has 1 aromatic heterocycles. The maximum absolute atomic E-state index is 12.6. The van der Waals surface area contributed by atoms with Crippen molar-refractivity contribution in [1.29, 1.82) is 0 Å². The van der Waals surface area contributed by atoms with Gasteiger partial charge in [0.15, 0.2) is 0 Å². The van der Waals surface area contributed by atoms with Crippen LogP contribution in [0.3, 0.4) is 0 Å². The van der Waals surface area contributed by atoms with E-state index in [1.165, 1.54) is 11.3 Å². The number of carbonyl (C=O) groups is 2. The molecule has 3 rings (SSSR count). The lowest BCUT2D eigenvalue weighted by atomic mass is 10.1. The zero-order chi connectivity index (χ0) is 18.4. The molecule has 0 aliphatic carbocycles. The van der Waals surface area contributed by atoms with Gasteiger partial charge in [0.1, 0.15) is 5.75 Å². The molecule has 6 heteroatoms. The fourth-order valence-electron chi connectivity index (χ4n) is 2.38. The maximum atomic E-state index is 12.6. The molecule has 0 aliphatic rings. The van der Waals surface area contributed by atoms with E-state index in [9.17, 15) is 9.59 Å². The number of ether oxygens (including phenoxy) is 1. The lowest BCUT2D eigenvalue weighted by molar-refractivity contribution is 0.101. The van der Waals surface area contributed by atoms with Crippen molar-refractivity contribution < 1.29 is 14.3 Å². The highest BCUT2D eigenvalue weighted by Gasteiger charge is 2.12. The molecule has 0 bridgehead atoms. The highest BCUT2D eigenvalue weighted by molar-refractivity contribution is 7.12. The number of carbonyl (C=O) groups excluding carboxylic acids is 2. The van der Waals surface area contributed by atoms with Crippen LogP contribution in [0.4, 0.5) is 11.4 Å². The minimum atomic E-state index is -0.274. The van der Waals surface area contributed by atoms with Crippen LogP contribution in [0.1, 0.15) is 27.0 Å². The number of benzene rings is 2. The number of amides is 2. The van der Waals surface area contributed by atoms with E-state index in [-0.39, 0.29) is 11.8 Å². The summed E-state index contributed by atoms with van der Waals surface area (Å²) in [6.07, 6.45) is 0. The summed E-state index contributed by atoms with van der Waals surface area (Å²) in [5.74, 6) is 0.147. The predicted octanol–water partition coefficient (Wildman–Crippen LogP) is 4.65. The molecule has 0 saturated heterocycles. The van der Waals surface area contributed by atoms with E-state index in [0.29, 0.717) is 34.2 Å². The summed E-state index contributed by atoms with van der Waals surface area (Å²) in [5.41, 5.74) is 1.61. The monoisotopic (exact) mass is 366 g/mol. The summed E-state index contributed by atoms with van der Waals surface area (Å²) in [6.45, 7) is 2.40. The average Bonchev–Trinajstić information content (AvgIpc) is 3.19. The smallest absolute Gasteiger partial charge is 0.265 e. The Morgan fingerprint density at radius 2 is 1.81 bits per heavy atom. The molecule has 26 heavy (non-hydrogen) atoms. The minimum Gasteiger partial charge on any atom is -0.492 e. The lowest BCUT2D eigenvalue weighted by Crippen LogP contribution is -2.14. The first-order chi connectivity index (χ1) is 12.7. The molecule has 0 spiro atoms. The van der Waals surface area contributed by atoms with Gasteiger partial charge < -0.3 is 15.4 Å². The molecule has 0 aliphatic heterocycles. The van der Waals surface area contributed by atoms with Crippen LogP contribution in [0, 0.1) is 0 Å². The van der Waals surface area contributed by atoms with E-state index < -0.39 is 0 Å². The van der Waals surface area contributed by atoms with Crippen molar-refractivity contribution in [2.24, 2.45) is 0 Å². The first-order valence-electron chi connectivity index (χ1n) is 8.15. The molecule has 2 amide bonds. The number of hydrogen-bond donors (Lipinski definition) is 2. The molecule has 5 nitrogen and oxygen atoms in total. The standard InChI is InChI=1S/C20H18N2O3S/c1-2-25-17-10-4-3-9-16(17)22-19(23)14-7-5-8-15(13-14)21-20(24)18-11-6-12-26-18/h3-13H,2H2,1H3,(H,21,24)(H,22,23). The highest BCUT2D eigenvalue weighted by Crippen LogP contribution is 2.24. The zero-order valence-corrected chi connectivity index (χ0v) is 15.0. The third-order valence-corrected chi connectivity index (χ3v) is 4.43. The normalized spacial score (nSPS) is 10.2. The van der Waals surface area contributed by atoms with E-state index in [2.05, 4.69) is 10.6 Å². The highest BCUT2D eigenvalue weighted by atomic mass is 32.1. The van der Waals surface area contributed by atoms with E-state index >= 15 is 0 Å². The SMILES string of the molecule is CCOc1ccccc1NC(=O)c1cccc(NC(=O)c2cccs2)c1. The molecule has 0 radical (unpaired) electrons. The third kappa shape index (κ3) is 4.29. The van der Waals surface area contributed by atoms with Crippen molar-refractivity contribution in [1.82, 2.24) is 0 Å². The number of anilines is 2. The zero-order valence-electron chi connectivity index (χ0n) is 14.2. The van der Waals surface area contributed by atoms with Crippen LogP contribution in [0.15, 0.2) is 66.0 Å². The van der Waals surface area contributed by atoms with Crippen LogP contribution in [0.5, 0.6) is 5.75 Å². The summed E-state index contributed by atoms with van der Waals surface area (Å²) in [6, 6.07) is 17.6. The van der Waals surface area contributed by atoms with Gasteiger partial charge in [-0.2, -0.15) is 0 Å². The molecule has 0 fully saturated rings. The quantitative estimate of drug-likeness (QED) is 0.667. The molecule has 3 aromatic rings. The minimum absolute atomic E-state index is 0.195. The largest absolute Gasteiger partial charge is 0.492 e. The van der Waals surface area contributed by atoms with E-state index in [1.54, 1.807) is 42.5 Å². The topological polar surface area (TPSA) is 67.4 Å². The van der Waals surface area contributed by atoms with Gasteiger partial charge in [0.25, 0.3) is 11.8 Å². The molecular weight excluding hydrogens is 348 g/mol. The number of nitrogens with one attached hydrogen (secondary N) is 2. The van der Waals surface area contributed by atoms with Crippen molar-refractivity contribution in [2.75, 3.05) is 17.2 Å². The average molecular weight is 366 g/mol. The van der Waals surface area contributed by atoms with Gasteiger partial charge in [-0.1, -0.05) is 24.3 Å². The molecule has 2 N–H and O–H groups in total. The van der Waals surface area contributed by atoms with Gasteiger partial charge in [-0.15, -0.1) is 11.3 Å². The van der Waals surface area contributed by atoms with Crippen LogP contribution in [-0.2, 0) is 0 Å². The Balaban J connectivity index is 1.73. The Labute approximate surface area is 155 Å². The van der Waals surface area contributed by atoms with Crippen LogP contribution in [-0.4, -0.2) is 18.4 Å². The summed E-state index contributed by atoms with van der Waals surface area (Å²) >= 11 is 1.36. The molecular formula is C20H18N2O3S. The van der Waals surface area contributed by atoms with Gasteiger partial charge in [-0.3, -0.25) is 9.59 Å². The second-order valence-corrected chi connectivity index (χ2v) is 6.34. The Morgan fingerprint density at radius 1 is 0.962 bits per heavy atom. The first-order valence-corrected chi connectivity index (χ1v) is 9.03. The van der Waals surface area contributed by atoms with Gasteiger partial charge in [0.2, 0.25) is 0 Å². The molecule has 0 saturated carbocycles. The summed E-state index contributed by atoms with van der Waals surface area (Å²) in [7, 11) is 0. The Morgan fingerprint density at radius 3 is 2.58 bits per heavy atom. The Kier molecular flexibility index (Phi) is 5.66. The first kappa shape index (κ1) is 17.7. The van der Waals surface area contributed by atoms with Gasteiger partial charge in [-0.05, 0) is 48.7 Å². The van der Waals surface area contributed by atoms with Crippen LogP contribution in [0.2, 0.25) is 0 Å². The molecule has 132 valence electrons. The van der Waals surface area contributed by atoms with Crippen LogP contribution in [0.25, 0.3) is 0 Å². The van der Waals surface area contributed by atoms with Gasteiger partial charge in [-0.25, -0.2) is 0 Å². The molecule has 0 atom stereocenters. The van der Waals surface area contributed by atoms with Gasteiger partial charge in [0, 0.05) is 11.3 Å². The number of hydrogen-bond acceptors (Lipinski definition) is 4. The number of rotatable bonds is 6. The number of thiophene rings is 1. The predicted molar refractivity (Wildman–Crippen MR) is 104 cm³/mol. The van der Waals surface area contributed by atoms with Crippen LogP contribution < -0.4 is 15.4 Å². The maximum Gasteiger partial charge on any atom is 0.265 e. The van der Waals surface area contributed by atoms with Crippen molar-refractivity contribution >= 4 is 34.5 Å². The second kappa shape index (κ2) is 8.31.